The van der Waals surface area contributed by atoms with Crippen molar-refractivity contribution in [1.29, 1.82) is 0 Å². The van der Waals surface area contributed by atoms with Gasteiger partial charge in [-0.2, -0.15) is 0 Å². The molecule has 38 valence electrons. The quantitative estimate of drug-likeness (QED) is 0.489. The minimum absolute atomic E-state index is 0. The number of rotatable bonds is 2. The largest absolute Gasteiger partial charge is 0 e. The molecule has 1 radical (unpaired) electrons. The summed E-state index contributed by atoms with van der Waals surface area (Å²) in [5.41, 5.74) is 0. The summed E-state index contributed by atoms with van der Waals surface area (Å²) in [6.07, 6.45) is 2.47. The van der Waals surface area contributed by atoms with E-state index >= 15 is 0 Å². The maximum absolute atomic E-state index is 4.41. The predicted molar refractivity (Wildman–Crippen MR) is 26.9 cm³/mol. The SMILES string of the molecule is CCC[CH2][CuH].[Li]. The van der Waals surface area contributed by atoms with Crippen molar-refractivity contribution in [2.24, 2.45) is 0 Å². The fourth-order valence-corrected chi connectivity index (χ4v) is 0.461. The topological polar surface area (TPSA) is 0 Å². The van der Waals surface area contributed by atoms with Crippen molar-refractivity contribution in [3.05, 3.63) is 0 Å². The minimum atomic E-state index is 0. The van der Waals surface area contributed by atoms with Crippen LogP contribution >= 0.6 is 0 Å². The second-order valence-electron chi connectivity index (χ2n) is 1.01. The fraction of sp³-hybridized carbons (Fsp3) is 1.00. The molecule has 0 bridgehead atoms. The Labute approximate surface area is 60.1 Å². The van der Waals surface area contributed by atoms with E-state index in [9.17, 15) is 0 Å². The summed E-state index contributed by atoms with van der Waals surface area (Å²) < 4.78 is 0. The summed E-state index contributed by atoms with van der Waals surface area (Å²) in [5, 5.41) is 0.969. The first-order chi connectivity index (χ1) is 2.41. The average molecular weight is 129 g/mol. The van der Waals surface area contributed by atoms with Crippen LogP contribution in [-0.2, 0) is 16.0 Å². The van der Waals surface area contributed by atoms with E-state index in [0.717, 1.165) is 5.32 Å². The van der Waals surface area contributed by atoms with E-state index in [4.69, 9.17) is 0 Å². The van der Waals surface area contributed by atoms with Gasteiger partial charge in [0.1, 0.15) is 0 Å². The van der Waals surface area contributed by atoms with Gasteiger partial charge in [-0.25, -0.2) is 0 Å². The molecule has 0 fully saturated rings. The molecule has 0 aromatic rings. The maximum atomic E-state index is 4.41. The minimum Gasteiger partial charge on any atom is 0 e. The monoisotopic (exact) mass is 128 g/mol. The van der Waals surface area contributed by atoms with Crippen molar-refractivity contribution >= 4 is 18.9 Å². The van der Waals surface area contributed by atoms with Crippen LogP contribution in [0, 0.1) is 0 Å². The van der Waals surface area contributed by atoms with Gasteiger partial charge in [0.05, 0.1) is 0 Å². The Hall–Kier alpha value is 1.12. The van der Waals surface area contributed by atoms with Gasteiger partial charge in [0.2, 0.25) is 0 Å². The summed E-state index contributed by atoms with van der Waals surface area (Å²) in [6, 6.07) is 0. The van der Waals surface area contributed by atoms with Crippen molar-refractivity contribution in [2.45, 2.75) is 25.1 Å². The predicted octanol–water partition coefficient (Wildman–Crippen LogP) is 1.10. The van der Waals surface area contributed by atoms with Gasteiger partial charge < -0.3 is 0 Å². The zero-order chi connectivity index (χ0) is 4.12. The molecular formula is C4H10CuLi. The Morgan fingerprint density at radius 1 is 1.50 bits per heavy atom. The molecule has 0 spiro atoms. The second kappa shape index (κ2) is 9.45. The second-order valence-corrected chi connectivity index (χ2v) is 1.51. The standard InChI is InChI=1S/C4H9.Cu.Li.H/c1-3-4-2;;;/h1,3-4H2,2H3;;;. The van der Waals surface area contributed by atoms with Crippen molar-refractivity contribution in [1.82, 2.24) is 0 Å². The number of hydrogen-bond donors (Lipinski definition) is 0. The molecule has 0 amide bonds. The summed E-state index contributed by atoms with van der Waals surface area (Å²) in [6.45, 7) is 2.15. The molecule has 0 unspecified atom stereocenters. The third-order valence-corrected chi connectivity index (χ3v) is 0.815. The normalized spacial score (nSPS) is 7.17. The van der Waals surface area contributed by atoms with E-state index in [1.807, 2.05) is 0 Å². The van der Waals surface area contributed by atoms with E-state index < -0.39 is 0 Å². The van der Waals surface area contributed by atoms with E-state index in [1.54, 1.807) is 0 Å². The molecule has 0 aromatic heterocycles. The Balaban J connectivity index is 0. The van der Waals surface area contributed by atoms with E-state index in [-0.39, 0.29) is 18.9 Å². The van der Waals surface area contributed by atoms with Gasteiger partial charge in [-0.1, -0.05) is 0 Å². The van der Waals surface area contributed by atoms with Gasteiger partial charge in [0.25, 0.3) is 0 Å². The first-order valence-corrected chi connectivity index (χ1v) is 2.63. The van der Waals surface area contributed by atoms with Gasteiger partial charge in [-0.3, -0.25) is 0 Å². The van der Waals surface area contributed by atoms with Crippen LogP contribution in [0.1, 0.15) is 19.8 Å². The van der Waals surface area contributed by atoms with Crippen molar-refractivity contribution in [3.63, 3.8) is 0 Å². The third kappa shape index (κ3) is 8.93. The summed E-state index contributed by atoms with van der Waals surface area (Å²) in [5.74, 6) is 0. The van der Waals surface area contributed by atoms with E-state index in [1.165, 1.54) is 12.8 Å². The molecule has 0 rings (SSSR count). The van der Waals surface area contributed by atoms with Gasteiger partial charge in [0.15, 0.2) is 0 Å². The zero-order valence-corrected chi connectivity index (χ0v) is 5.43. The van der Waals surface area contributed by atoms with Crippen molar-refractivity contribution in [2.75, 3.05) is 0 Å². The third-order valence-electron chi connectivity index (χ3n) is 0.465. The molecule has 0 nitrogen and oxygen atoms in total. The first-order valence-electron chi connectivity index (χ1n) is 1.93. The van der Waals surface area contributed by atoms with Crippen LogP contribution < -0.4 is 0 Å². The molecule has 6 heavy (non-hydrogen) atoms. The summed E-state index contributed by atoms with van der Waals surface area (Å²) in [4.78, 5) is 0. The Morgan fingerprint density at radius 3 is 2.00 bits per heavy atom. The fourth-order valence-electron chi connectivity index (χ4n) is 0.112. The Kier molecular flexibility index (Phi) is 16.0. The Morgan fingerprint density at radius 2 is 2.00 bits per heavy atom. The molecule has 2 heteroatoms. The van der Waals surface area contributed by atoms with E-state index in [2.05, 4.69) is 22.9 Å². The summed E-state index contributed by atoms with van der Waals surface area (Å²) in [7, 11) is 0. The number of hydrogen-bond acceptors (Lipinski definition) is 0. The zero-order valence-electron chi connectivity index (χ0n) is 4.44. The molecule has 0 heterocycles. The van der Waals surface area contributed by atoms with Gasteiger partial charge >= 0.3 is 41.1 Å². The number of unbranched alkanes of at least 4 members (excludes halogenated alkanes) is 1. The average Bonchev–Trinajstić information content (AvgIpc) is 1.41. The van der Waals surface area contributed by atoms with Gasteiger partial charge in [-0.05, 0) is 0 Å². The van der Waals surface area contributed by atoms with Crippen LogP contribution in [0.25, 0.3) is 0 Å². The van der Waals surface area contributed by atoms with Crippen LogP contribution in [0.2, 0.25) is 5.32 Å². The Bertz CT molecular complexity index is 15.0. The molecular weight excluding hydrogens is 119 g/mol. The van der Waals surface area contributed by atoms with Gasteiger partial charge in [0, 0.05) is 18.9 Å². The van der Waals surface area contributed by atoms with E-state index in [0.29, 0.717) is 0 Å². The molecule has 0 aliphatic rings. The van der Waals surface area contributed by atoms with Gasteiger partial charge in [-0.15, -0.1) is 0 Å². The van der Waals surface area contributed by atoms with Crippen LogP contribution in [0.4, 0.5) is 0 Å². The molecule has 0 aromatic carbocycles. The van der Waals surface area contributed by atoms with Crippen molar-refractivity contribution < 1.29 is 16.0 Å². The van der Waals surface area contributed by atoms with Crippen molar-refractivity contribution in [3.8, 4) is 0 Å². The van der Waals surface area contributed by atoms with Crippen LogP contribution in [-0.4, -0.2) is 18.9 Å². The molecule has 0 atom stereocenters. The van der Waals surface area contributed by atoms with Crippen LogP contribution in [0.3, 0.4) is 0 Å². The molecule has 0 aliphatic carbocycles. The van der Waals surface area contributed by atoms with Crippen LogP contribution in [0.5, 0.6) is 0 Å². The molecule has 0 saturated carbocycles. The molecule has 0 aliphatic heterocycles. The maximum Gasteiger partial charge on any atom is 0 e. The molecule has 0 saturated heterocycles. The molecule has 0 N–H and O–H groups in total. The first kappa shape index (κ1) is 10.2. The van der Waals surface area contributed by atoms with Crippen LogP contribution in [0.15, 0.2) is 0 Å². The smallest absolute Gasteiger partial charge is 0 e. The summed E-state index contributed by atoms with van der Waals surface area (Å²) >= 11 is 4.41.